The van der Waals surface area contributed by atoms with Crippen LogP contribution in [-0.2, 0) is 0 Å². The molecule has 2 atom stereocenters. The third-order valence-electron chi connectivity index (χ3n) is 3.30. The summed E-state index contributed by atoms with van der Waals surface area (Å²) in [4.78, 5) is 0. The number of hydrogen-bond acceptors (Lipinski definition) is 1. The number of rotatable bonds is 2. The van der Waals surface area contributed by atoms with Gasteiger partial charge in [-0.1, -0.05) is 13.8 Å². The fourth-order valence-electron chi connectivity index (χ4n) is 2.24. The topological polar surface area (TPSA) is 23.8 Å². The van der Waals surface area contributed by atoms with Gasteiger partial charge in [0.05, 0.1) is 5.56 Å². The van der Waals surface area contributed by atoms with Gasteiger partial charge in [-0.05, 0) is 41.9 Å². The molecule has 0 spiro atoms. The molecule has 1 fully saturated rings. The summed E-state index contributed by atoms with van der Waals surface area (Å²) in [5.74, 6) is -0.00779. The first kappa shape index (κ1) is 11.1. The van der Waals surface area contributed by atoms with E-state index in [4.69, 9.17) is 5.26 Å². The maximum absolute atomic E-state index is 13.6. The van der Waals surface area contributed by atoms with E-state index in [-0.39, 0.29) is 11.5 Å². The van der Waals surface area contributed by atoms with Crippen molar-refractivity contribution in [2.45, 2.75) is 26.2 Å². The SMILES string of the molecule is CC(C)[C@H]1C[C@@H]1c1cc(F)c(C#N)cc1F. The van der Waals surface area contributed by atoms with Crippen molar-refractivity contribution in [3.05, 3.63) is 34.9 Å². The third-order valence-corrected chi connectivity index (χ3v) is 3.30. The molecule has 1 aliphatic carbocycles. The van der Waals surface area contributed by atoms with Gasteiger partial charge in [0.2, 0.25) is 0 Å². The van der Waals surface area contributed by atoms with E-state index < -0.39 is 11.6 Å². The zero-order valence-electron chi connectivity index (χ0n) is 9.30. The van der Waals surface area contributed by atoms with Gasteiger partial charge in [-0.25, -0.2) is 8.78 Å². The molecular weight excluding hydrogens is 208 g/mol. The minimum Gasteiger partial charge on any atom is -0.207 e. The molecule has 16 heavy (non-hydrogen) atoms. The molecule has 0 heterocycles. The maximum atomic E-state index is 13.6. The molecule has 1 aliphatic rings. The standard InChI is InChI=1S/C13H13F2N/c1-7(2)9-4-10(9)11-5-12(14)8(6-16)3-13(11)15/h3,5,7,9-10H,4H2,1-2H3/t9-,10+/m1/s1. The predicted molar refractivity (Wildman–Crippen MR) is 56.8 cm³/mol. The predicted octanol–water partition coefficient (Wildman–Crippen LogP) is 3.60. The molecule has 0 radical (unpaired) electrons. The van der Waals surface area contributed by atoms with Crippen LogP contribution in [0.1, 0.15) is 37.3 Å². The number of nitriles is 1. The van der Waals surface area contributed by atoms with E-state index in [0.717, 1.165) is 12.5 Å². The van der Waals surface area contributed by atoms with Crippen molar-refractivity contribution in [1.29, 1.82) is 5.26 Å². The molecule has 1 saturated carbocycles. The van der Waals surface area contributed by atoms with Crippen molar-refractivity contribution >= 4 is 0 Å². The lowest BCUT2D eigenvalue weighted by Gasteiger charge is -2.06. The average molecular weight is 221 g/mol. The summed E-state index contributed by atoms with van der Waals surface area (Å²) < 4.78 is 27.0. The van der Waals surface area contributed by atoms with Crippen LogP contribution >= 0.6 is 0 Å². The van der Waals surface area contributed by atoms with Gasteiger partial charge in [-0.2, -0.15) is 5.26 Å². The van der Waals surface area contributed by atoms with E-state index in [1.807, 2.05) is 0 Å². The van der Waals surface area contributed by atoms with Gasteiger partial charge in [0.25, 0.3) is 0 Å². The minimum absolute atomic E-state index is 0.127. The molecule has 0 aromatic heterocycles. The van der Waals surface area contributed by atoms with Crippen molar-refractivity contribution in [3.63, 3.8) is 0 Å². The lowest BCUT2D eigenvalue weighted by atomic mass is 10.0. The van der Waals surface area contributed by atoms with Crippen molar-refractivity contribution in [1.82, 2.24) is 0 Å². The summed E-state index contributed by atoms with van der Waals surface area (Å²) in [6, 6.07) is 3.82. The molecule has 0 N–H and O–H groups in total. The van der Waals surface area contributed by atoms with E-state index in [9.17, 15) is 8.78 Å². The van der Waals surface area contributed by atoms with E-state index in [2.05, 4.69) is 13.8 Å². The van der Waals surface area contributed by atoms with Crippen LogP contribution in [0.5, 0.6) is 0 Å². The van der Waals surface area contributed by atoms with Gasteiger partial charge in [0.1, 0.15) is 17.7 Å². The van der Waals surface area contributed by atoms with Gasteiger partial charge < -0.3 is 0 Å². The van der Waals surface area contributed by atoms with Crippen LogP contribution in [0.4, 0.5) is 8.78 Å². The largest absolute Gasteiger partial charge is 0.207 e. The Bertz CT molecular complexity index is 460. The van der Waals surface area contributed by atoms with Gasteiger partial charge in [-0.15, -0.1) is 0 Å². The Morgan fingerprint density at radius 2 is 2.00 bits per heavy atom. The first-order valence-corrected chi connectivity index (χ1v) is 5.43. The van der Waals surface area contributed by atoms with Crippen LogP contribution in [0.25, 0.3) is 0 Å². The van der Waals surface area contributed by atoms with E-state index in [1.54, 1.807) is 6.07 Å². The Labute approximate surface area is 93.7 Å². The molecule has 0 saturated heterocycles. The zero-order chi connectivity index (χ0) is 11.9. The first-order chi connectivity index (χ1) is 7.54. The average Bonchev–Trinajstić information content (AvgIpc) is 3.00. The highest BCUT2D eigenvalue weighted by Crippen LogP contribution is 2.52. The number of halogens is 2. The molecule has 0 aliphatic heterocycles. The molecule has 1 aromatic carbocycles. The van der Waals surface area contributed by atoms with Crippen molar-refractivity contribution < 1.29 is 8.78 Å². The van der Waals surface area contributed by atoms with E-state index in [1.165, 1.54) is 6.07 Å². The Morgan fingerprint density at radius 3 is 2.50 bits per heavy atom. The highest BCUT2D eigenvalue weighted by Gasteiger charge is 2.42. The summed E-state index contributed by atoms with van der Waals surface area (Å²) in [5, 5.41) is 8.57. The van der Waals surface area contributed by atoms with Crippen molar-refractivity contribution in [3.8, 4) is 6.07 Å². The van der Waals surface area contributed by atoms with E-state index in [0.29, 0.717) is 17.4 Å². The summed E-state index contributed by atoms with van der Waals surface area (Å²) in [7, 11) is 0. The van der Waals surface area contributed by atoms with Crippen molar-refractivity contribution in [2.75, 3.05) is 0 Å². The molecule has 0 bridgehead atoms. The summed E-state index contributed by atoms with van der Waals surface area (Å²) in [6.07, 6.45) is 0.917. The molecule has 84 valence electrons. The molecule has 1 nitrogen and oxygen atoms in total. The minimum atomic E-state index is -0.617. The molecular formula is C13H13F2N. The number of hydrogen-bond donors (Lipinski definition) is 0. The second-order valence-corrected chi connectivity index (χ2v) is 4.72. The molecule has 1 aromatic rings. The normalized spacial score (nSPS) is 23.2. The van der Waals surface area contributed by atoms with Crippen LogP contribution in [0.2, 0.25) is 0 Å². The lowest BCUT2D eigenvalue weighted by Crippen LogP contribution is -1.97. The summed E-state index contributed by atoms with van der Waals surface area (Å²) in [5.41, 5.74) is 0.207. The van der Waals surface area contributed by atoms with Crippen LogP contribution in [0.15, 0.2) is 12.1 Å². The monoisotopic (exact) mass is 221 g/mol. The van der Waals surface area contributed by atoms with Crippen molar-refractivity contribution in [2.24, 2.45) is 11.8 Å². The van der Waals surface area contributed by atoms with Gasteiger partial charge in [0.15, 0.2) is 0 Å². The quantitative estimate of drug-likeness (QED) is 0.748. The van der Waals surface area contributed by atoms with Gasteiger partial charge in [0, 0.05) is 0 Å². The number of nitrogens with zero attached hydrogens (tertiary/aromatic N) is 1. The fourth-order valence-corrected chi connectivity index (χ4v) is 2.24. The maximum Gasteiger partial charge on any atom is 0.141 e. The molecule has 0 unspecified atom stereocenters. The third kappa shape index (κ3) is 1.80. The highest BCUT2D eigenvalue weighted by atomic mass is 19.1. The van der Waals surface area contributed by atoms with Crippen LogP contribution < -0.4 is 0 Å². The fraction of sp³-hybridized carbons (Fsp3) is 0.462. The van der Waals surface area contributed by atoms with Crippen LogP contribution in [0.3, 0.4) is 0 Å². The molecule has 2 rings (SSSR count). The first-order valence-electron chi connectivity index (χ1n) is 5.43. The van der Waals surface area contributed by atoms with Crippen LogP contribution in [-0.4, -0.2) is 0 Å². The molecule has 0 amide bonds. The lowest BCUT2D eigenvalue weighted by molar-refractivity contribution is 0.533. The highest BCUT2D eigenvalue weighted by molar-refractivity contribution is 5.38. The molecule has 3 heteroatoms. The van der Waals surface area contributed by atoms with Gasteiger partial charge >= 0.3 is 0 Å². The van der Waals surface area contributed by atoms with Crippen LogP contribution in [0, 0.1) is 34.8 Å². The summed E-state index contributed by atoms with van der Waals surface area (Å²) in [6.45, 7) is 4.17. The van der Waals surface area contributed by atoms with Gasteiger partial charge in [-0.3, -0.25) is 0 Å². The Kier molecular flexibility index (Phi) is 2.67. The summed E-state index contributed by atoms with van der Waals surface area (Å²) >= 11 is 0. The Morgan fingerprint density at radius 1 is 1.31 bits per heavy atom. The second kappa shape index (κ2) is 3.86. The smallest absolute Gasteiger partial charge is 0.141 e. The number of benzene rings is 1. The second-order valence-electron chi connectivity index (χ2n) is 4.72. The van der Waals surface area contributed by atoms with E-state index >= 15 is 0 Å². The Balaban J connectivity index is 2.31. The zero-order valence-corrected chi connectivity index (χ0v) is 9.30. The Hall–Kier alpha value is -1.43.